The molecule has 12 heavy (non-hydrogen) atoms. The van der Waals surface area contributed by atoms with Gasteiger partial charge in [0.25, 0.3) is 0 Å². The van der Waals surface area contributed by atoms with E-state index in [1.165, 1.54) is 0 Å². The summed E-state index contributed by atoms with van der Waals surface area (Å²) in [7, 11) is -2.79. The van der Waals surface area contributed by atoms with Crippen LogP contribution in [-0.2, 0) is 9.84 Å². The highest BCUT2D eigenvalue weighted by atomic mass is 32.2. The molecule has 0 spiro atoms. The molecule has 1 fully saturated rings. The third kappa shape index (κ3) is 3.08. The molecule has 4 nitrogen and oxygen atoms in total. The first kappa shape index (κ1) is 9.95. The van der Waals surface area contributed by atoms with E-state index in [0.29, 0.717) is 25.3 Å². The van der Waals surface area contributed by atoms with Crippen molar-refractivity contribution in [3.63, 3.8) is 0 Å². The summed E-state index contributed by atoms with van der Waals surface area (Å²) in [5.41, 5.74) is 0. The maximum atomic E-state index is 11.1. The maximum absolute atomic E-state index is 11.1. The van der Waals surface area contributed by atoms with Crippen LogP contribution in [0.1, 0.15) is 6.42 Å². The van der Waals surface area contributed by atoms with E-state index in [0.717, 1.165) is 6.54 Å². The topological polar surface area (TPSA) is 57.6 Å². The monoisotopic (exact) mass is 193 g/mol. The van der Waals surface area contributed by atoms with Crippen molar-refractivity contribution in [3.8, 4) is 0 Å². The molecular formula is C7H15NO3S. The van der Waals surface area contributed by atoms with Gasteiger partial charge in [0.1, 0.15) is 0 Å². The van der Waals surface area contributed by atoms with E-state index in [4.69, 9.17) is 5.11 Å². The molecule has 1 aliphatic heterocycles. The fraction of sp³-hybridized carbons (Fsp3) is 1.00. The summed E-state index contributed by atoms with van der Waals surface area (Å²) < 4.78 is 22.3. The van der Waals surface area contributed by atoms with Crippen molar-refractivity contribution in [1.82, 2.24) is 4.90 Å². The fourth-order valence-corrected chi connectivity index (χ4v) is 2.66. The number of aliphatic hydroxyl groups is 1. The Balaban J connectivity index is 2.45. The highest BCUT2D eigenvalue weighted by molar-refractivity contribution is 7.91. The minimum Gasteiger partial charge on any atom is -0.395 e. The Kier molecular flexibility index (Phi) is 3.49. The van der Waals surface area contributed by atoms with Crippen LogP contribution in [0.2, 0.25) is 0 Å². The molecule has 0 atom stereocenters. The predicted molar refractivity (Wildman–Crippen MR) is 46.8 cm³/mol. The van der Waals surface area contributed by atoms with Gasteiger partial charge in [-0.2, -0.15) is 0 Å². The van der Waals surface area contributed by atoms with Crippen molar-refractivity contribution < 1.29 is 13.5 Å². The van der Waals surface area contributed by atoms with Gasteiger partial charge in [-0.15, -0.1) is 0 Å². The number of aliphatic hydroxyl groups excluding tert-OH is 1. The van der Waals surface area contributed by atoms with Crippen LogP contribution in [0.15, 0.2) is 0 Å². The summed E-state index contributed by atoms with van der Waals surface area (Å²) in [4.78, 5) is 1.99. The van der Waals surface area contributed by atoms with Crippen molar-refractivity contribution in [3.05, 3.63) is 0 Å². The van der Waals surface area contributed by atoms with Crippen LogP contribution in [0.25, 0.3) is 0 Å². The quantitative estimate of drug-likeness (QED) is 0.617. The lowest BCUT2D eigenvalue weighted by atomic mass is 10.4. The Hall–Kier alpha value is -0.130. The van der Waals surface area contributed by atoms with Gasteiger partial charge < -0.3 is 10.0 Å². The van der Waals surface area contributed by atoms with Crippen molar-refractivity contribution in [2.75, 3.05) is 37.7 Å². The van der Waals surface area contributed by atoms with Crippen molar-refractivity contribution in [2.24, 2.45) is 0 Å². The van der Waals surface area contributed by atoms with Gasteiger partial charge in [-0.1, -0.05) is 0 Å². The number of hydrogen-bond acceptors (Lipinski definition) is 4. The molecule has 0 unspecified atom stereocenters. The van der Waals surface area contributed by atoms with E-state index in [-0.39, 0.29) is 12.4 Å². The third-order valence-electron chi connectivity index (χ3n) is 2.06. The number of nitrogens with zero attached hydrogens (tertiary/aromatic N) is 1. The average molecular weight is 193 g/mol. The second kappa shape index (κ2) is 4.20. The van der Waals surface area contributed by atoms with Crippen molar-refractivity contribution >= 4 is 9.84 Å². The molecule has 72 valence electrons. The van der Waals surface area contributed by atoms with Crippen molar-refractivity contribution in [1.29, 1.82) is 0 Å². The molecule has 0 aliphatic carbocycles. The van der Waals surface area contributed by atoms with E-state index >= 15 is 0 Å². The molecule has 0 aromatic rings. The SMILES string of the molecule is O=S1(=O)CCCN(CCO)CC1. The van der Waals surface area contributed by atoms with Crippen LogP contribution in [0, 0.1) is 0 Å². The van der Waals surface area contributed by atoms with Crippen LogP contribution in [-0.4, -0.2) is 56.2 Å². The predicted octanol–water partition coefficient (Wildman–Crippen LogP) is -0.901. The molecule has 5 heteroatoms. The molecule has 0 saturated carbocycles. The molecule has 0 bridgehead atoms. The maximum Gasteiger partial charge on any atom is 0.151 e. The Morgan fingerprint density at radius 3 is 2.67 bits per heavy atom. The fourth-order valence-electron chi connectivity index (χ4n) is 1.36. The molecular weight excluding hydrogens is 178 g/mol. The summed E-state index contributed by atoms with van der Waals surface area (Å²) in [5.74, 6) is 0.544. The third-order valence-corrected chi connectivity index (χ3v) is 3.78. The first-order valence-electron chi connectivity index (χ1n) is 4.18. The number of rotatable bonds is 2. The van der Waals surface area contributed by atoms with Gasteiger partial charge >= 0.3 is 0 Å². The first-order valence-corrected chi connectivity index (χ1v) is 6.00. The van der Waals surface area contributed by atoms with Crippen LogP contribution in [0.3, 0.4) is 0 Å². The molecule has 1 N–H and O–H groups in total. The number of sulfone groups is 1. The molecule has 0 aromatic heterocycles. The lowest BCUT2D eigenvalue weighted by molar-refractivity contribution is 0.205. The van der Waals surface area contributed by atoms with Gasteiger partial charge in [-0.3, -0.25) is 0 Å². The largest absolute Gasteiger partial charge is 0.395 e. The minimum atomic E-state index is -2.79. The van der Waals surface area contributed by atoms with Crippen LogP contribution in [0.4, 0.5) is 0 Å². The summed E-state index contributed by atoms with van der Waals surface area (Å²) in [6, 6.07) is 0. The van der Waals surface area contributed by atoms with Gasteiger partial charge in [0.2, 0.25) is 0 Å². The van der Waals surface area contributed by atoms with Gasteiger partial charge in [0, 0.05) is 13.1 Å². The Labute approximate surface area is 73.1 Å². The van der Waals surface area contributed by atoms with E-state index < -0.39 is 9.84 Å². The smallest absolute Gasteiger partial charge is 0.151 e. The van der Waals surface area contributed by atoms with Crippen LogP contribution >= 0.6 is 0 Å². The minimum absolute atomic E-state index is 0.111. The van der Waals surface area contributed by atoms with Gasteiger partial charge in [0.15, 0.2) is 9.84 Å². The highest BCUT2D eigenvalue weighted by Gasteiger charge is 2.18. The standard InChI is InChI=1S/C7H15NO3S/c9-5-3-8-2-1-6-12(10,11)7-4-8/h9H,1-7H2. The molecule has 1 heterocycles. The highest BCUT2D eigenvalue weighted by Crippen LogP contribution is 2.03. The van der Waals surface area contributed by atoms with Crippen molar-refractivity contribution in [2.45, 2.75) is 6.42 Å². The molecule has 0 aromatic carbocycles. The van der Waals surface area contributed by atoms with E-state index in [1.807, 2.05) is 4.90 Å². The summed E-state index contributed by atoms with van der Waals surface area (Å²) >= 11 is 0. The number of β-amino-alcohol motifs (C(OH)–C–C–N with tert-alkyl or cyclic N) is 1. The zero-order chi connectivity index (χ0) is 9.03. The Morgan fingerprint density at radius 2 is 2.00 bits per heavy atom. The molecule has 1 saturated heterocycles. The van der Waals surface area contributed by atoms with E-state index in [2.05, 4.69) is 0 Å². The Morgan fingerprint density at radius 1 is 1.25 bits per heavy atom. The van der Waals surface area contributed by atoms with Crippen LogP contribution < -0.4 is 0 Å². The Bertz CT molecular complexity index is 225. The number of hydrogen-bond donors (Lipinski definition) is 1. The summed E-state index contributed by atoms with van der Waals surface area (Å²) in [5, 5.41) is 8.65. The van der Waals surface area contributed by atoms with E-state index in [1.54, 1.807) is 0 Å². The summed E-state index contributed by atoms with van der Waals surface area (Å²) in [6.45, 7) is 2.07. The van der Waals surface area contributed by atoms with E-state index in [9.17, 15) is 8.42 Å². The molecule has 0 radical (unpaired) electrons. The lowest BCUT2D eigenvalue weighted by Gasteiger charge is -2.16. The van der Waals surface area contributed by atoms with Crippen LogP contribution in [0.5, 0.6) is 0 Å². The zero-order valence-corrected chi connectivity index (χ0v) is 7.89. The lowest BCUT2D eigenvalue weighted by Crippen LogP contribution is -2.29. The second-order valence-electron chi connectivity index (χ2n) is 3.07. The van der Waals surface area contributed by atoms with Gasteiger partial charge in [0.05, 0.1) is 18.1 Å². The summed E-state index contributed by atoms with van der Waals surface area (Å²) in [6.07, 6.45) is 0.697. The average Bonchev–Trinajstić information content (AvgIpc) is 2.14. The molecule has 0 amide bonds. The van der Waals surface area contributed by atoms with Gasteiger partial charge in [-0.05, 0) is 13.0 Å². The zero-order valence-electron chi connectivity index (χ0n) is 7.07. The molecule has 1 aliphatic rings. The normalized spacial score (nSPS) is 25.1. The van der Waals surface area contributed by atoms with Gasteiger partial charge in [-0.25, -0.2) is 8.42 Å². The molecule has 1 rings (SSSR count). The first-order chi connectivity index (χ1) is 5.64. The second-order valence-corrected chi connectivity index (χ2v) is 5.37.